The Kier molecular flexibility index (Phi) is 14.0. The number of esters is 1. The van der Waals surface area contributed by atoms with E-state index in [1.54, 1.807) is 13.8 Å². The zero-order valence-corrected chi connectivity index (χ0v) is 19.6. The number of carbonyl (C=O) groups excluding carboxylic acids is 2. The summed E-state index contributed by atoms with van der Waals surface area (Å²) in [4.78, 5) is 24.1. The summed E-state index contributed by atoms with van der Waals surface area (Å²) < 4.78 is 21.2. The Hall–Kier alpha value is -2.54. The average Bonchev–Trinajstić information content (AvgIpc) is 2.68. The standard InChI is InChI=1S/C24H39NO6/c1-18(2)9-11-24(12-10-19(3)4,15-29-22(26)20(5)6)16-30-23(27)25-13-14-28-17-31-21(7)8/h1,3,5,7,9-17H2,2,4,6,8H3,(H,25,27). The highest BCUT2D eigenvalue weighted by molar-refractivity contribution is 5.86. The first-order valence-electron chi connectivity index (χ1n) is 10.4. The van der Waals surface area contributed by atoms with Crippen molar-refractivity contribution in [2.75, 3.05) is 33.2 Å². The van der Waals surface area contributed by atoms with Crippen LogP contribution >= 0.6 is 0 Å². The molecular formula is C24H39NO6. The molecule has 1 N–H and O–H groups in total. The SMILES string of the molecule is C=C(C)CCC(CCC(=C)C)(COC(=O)NCCOCOC(=C)C)COC(=O)C(=C)C. The molecule has 0 rings (SSSR count). The molecule has 0 aromatic rings. The summed E-state index contributed by atoms with van der Waals surface area (Å²) in [6.45, 7) is 23.2. The van der Waals surface area contributed by atoms with Crippen LogP contribution in [0.2, 0.25) is 0 Å². The first-order valence-corrected chi connectivity index (χ1v) is 10.4. The van der Waals surface area contributed by atoms with Gasteiger partial charge in [-0.2, -0.15) is 0 Å². The third-order valence-electron chi connectivity index (χ3n) is 4.44. The van der Waals surface area contributed by atoms with Crippen LogP contribution in [0.15, 0.2) is 48.8 Å². The van der Waals surface area contributed by atoms with Crippen LogP contribution < -0.4 is 5.32 Å². The molecule has 7 heteroatoms. The van der Waals surface area contributed by atoms with E-state index in [0.29, 0.717) is 24.2 Å². The Morgan fingerprint density at radius 1 is 0.839 bits per heavy atom. The van der Waals surface area contributed by atoms with E-state index in [2.05, 4.69) is 31.6 Å². The maximum atomic E-state index is 12.2. The molecule has 0 heterocycles. The number of alkyl carbamates (subject to hydrolysis) is 1. The van der Waals surface area contributed by atoms with Crippen molar-refractivity contribution in [3.8, 4) is 0 Å². The van der Waals surface area contributed by atoms with Gasteiger partial charge in [0.25, 0.3) is 0 Å². The summed E-state index contributed by atoms with van der Waals surface area (Å²) in [5.41, 5.74) is 1.78. The van der Waals surface area contributed by atoms with Gasteiger partial charge in [-0.05, 0) is 53.4 Å². The van der Waals surface area contributed by atoms with E-state index < -0.39 is 17.5 Å². The topological polar surface area (TPSA) is 83.1 Å². The summed E-state index contributed by atoms with van der Waals surface area (Å²) in [6.07, 6.45) is 2.21. The van der Waals surface area contributed by atoms with Crippen molar-refractivity contribution in [3.05, 3.63) is 48.8 Å². The first-order chi connectivity index (χ1) is 14.5. The number of carbonyl (C=O) groups is 2. The number of rotatable bonds is 17. The fourth-order valence-electron chi connectivity index (χ4n) is 2.45. The molecule has 31 heavy (non-hydrogen) atoms. The zero-order valence-electron chi connectivity index (χ0n) is 19.6. The summed E-state index contributed by atoms with van der Waals surface area (Å²) in [5.74, 6) is 0.0918. The average molecular weight is 438 g/mol. The normalized spacial score (nSPS) is 10.7. The van der Waals surface area contributed by atoms with Gasteiger partial charge in [0.15, 0.2) is 6.79 Å². The van der Waals surface area contributed by atoms with Gasteiger partial charge in [0, 0.05) is 17.5 Å². The van der Waals surface area contributed by atoms with E-state index in [1.165, 1.54) is 0 Å². The molecule has 0 saturated heterocycles. The second-order valence-corrected chi connectivity index (χ2v) is 8.15. The van der Waals surface area contributed by atoms with Gasteiger partial charge < -0.3 is 24.3 Å². The molecule has 0 aliphatic rings. The molecule has 0 radical (unpaired) electrons. The lowest BCUT2D eigenvalue weighted by molar-refractivity contribution is -0.144. The van der Waals surface area contributed by atoms with Crippen LogP contribution in [0.1, 0.15) is 53.4 Å². The quantitative estimate of drug-likeness (QED) is 0.0856. The van der Waals surface area contributed by atoms with Crippen molar-refractivity contribution in [1.29, 1.82) is 0 Å². The number of hydrogen-bond donors (Lipinski definition) is 1. The van der Waals surface area contributed by atoms with E-state index in [9.17, 15) is 9.59 Å². The van der Waals surface area contributed by atoms with Crippen molar-refractivity contribution >= 4 is 12.1 Å². The molecule has 0 aliphatic heterocycles. The Labute approximate surface area is 187 Å². The van der Waals surface area contributed by atoms with E-state index in [-0.39, 0.29) is 33.2 Å². The van der Waals surface area contributed by atoms with Crippen LogP contribution in [0.25, 0.3) is 0 Å². The van der Waals surface area contributed by atoms with Crippen LogP contribution in [-0.2, 0) is 23.7 Å². The molecule has 0 aliphatic carbocycles. The third kappa shape index (κ3) is 15.0. The van der Waals surface area contributed by atoms with Gasteiger partial charge in [-0.15, -0.1) is 13.2 Å². The highest BCUT2D eigenvalue weighted by Crippen LogP contribution is 2.34. The minimum absolute atomic E-state index is 0.0745. The highest BCUT2D eigenvalue weighted by Gasteiger charge is 2.33. The zero-order chi connectivity index (χ0) is 23.9. The van der Waals surface area contributed by atoms with Crippen LogP contribution in [0.5, 0.6) is 0 Å². The maximum Gasteiger partial charge on any atom is 0.407 e. The van der Waals surface area contributed by atoms with Gasteiger partial charge in [0.1, 0.15) is 13.2 Å². The lowest BCUT2D eigenvalue weighted by atomic mass is 9.78. The minimum Gasteiger partial charge on any atom is -0.473 e. The van der Waals surface area contributed by atoms with Gasteiger partial charge in [-0.1, -0.05) is 24.3 Å². The summed E-state index contributed by atoms with van der Waals surface area (Å²) in [5, 5.41) is 2.64. The predicted molar refractivity (Wildman–Crippen MR) is 122 cm³/mol. The molecule has 0 unspecified atom stereocenters. The second kappa shape index (κ2) is 15.3. The molecule has 0 fully saturated rings. The molecule has 176 valence electrons. The molecule has 0 aromatic carbocycles. The summed E-state index contributed by atoms with van der Waals surface area (Å²) in [7, 11) is 0. The molecule has 1 amide bonds. The van der Waals surface area contributed by atoms with E-state index in [1.807, 2.05) is 13.8 Å². The van der Waals surface area contributed by atoms with Gasteiger partial charge in [0.2, 0.25) is 0 Å². The van der Waals surface area contributed by atoms with Crippen LogP contribution in [-0.4, -0.2) is 45.2 Å². The molecule has 0 atom stereocenters. The summed E-state index contributed by atoms with van der Waals surface area (Å²) in [6, 6.07) is 0. The van der Waals surface area contributed by atoms with E-state index in [4.69, 9.17) is 18.9 Å². The van der Waals surface area contributed by atoms with Crippen molar-refractivity contribution in [3.63, 3.8) is 0 Å². The van der Waals surface area contributed by atoms with Crippen molar-refractivity contribution in [2.24, 2.45) is 5.41 Å². The fraction of sp³-hybridized carbons (Fsp3) is 0.583. The van der Waals surface area contributed by atoms with Crippen molar-refractivity contribution in [1.82, 2.24) is 5.32 Å². The largest absolute Gasteiger partial charge is 0.473 e. The summed E-state index contributed by atoms with van der Waals surface area (Å²) >= 11 is 0. The number of ether oxygens (including phenoxy) is 4. The Morgan fingerprint density at radius 3 is 1.87 bits per heavy atom. The molecular weight excluding hydrogens is 398 g/mol. The molecule has 0 bridgehead atoms. The van der Waals surface area contributed by atoms with Gasteiger partial charge in [0.05, 0.1) is 12.4 Å². The maximum absolute atomic E-state index is 12.2. The molecule has 0 saturated carbocycles. The highest BCUT2D eigenvalue weighted by atomic mass is 16.7. The Balaban J connectivity index is 4.93. The lowest BCUT2D eigenvalue weighted by Crippen LogP contribution is -2.37. The number of allylic oxidation sites excluding steroid dienone is 3. The predicted octanol–water partition coefficient (Wildman–Crippen LogP) is 5.06. The van der Waals surface area contributed by atoms with Gasteiger partial charge in [-0.25, -0.2) is 9.59 Å². The smallest absolute Gasteiger partial charge is 0.407 e. The van der Waals surface area contributed by atoms with Crippen molar-refractivity contribution < 1.29 is 28.5 Å². The third-order valence-corrected chi connectivity index (χ3v) is 4.44. The number of hydrogen-bond acceptors (Lipinski definition) is 6. The Morgan fingerprint density at radius 2 is 1.39 bits per heavy atom. The first kappa shape index (κ1) is 28.5. The second-order valence-electron chi connectivity index (χ2n) is 8.15. The van der Waals surface area contributed by atoms with E-state index >= 15 is 0 Å². The minimum atomic E-state index is -0.564. The van der Waals surface area contributed by atoms with Crippen molar-refractivity contribution in [2.45, 2.75) is 53.4 Å². The fourth-order valence-corrected chi connectivity index (χ4v) is 2.45. The Bertz CT molecular complexity index is 634. The lowest BCUT2D eigenvalue weighted by Gasteiger charge is -2.33. The monoisotopic (exact) mass is 437 g/mol. The van der Waals surface area contributed by atoms with Crippen LogP contribution in [0.4, 0.5) is 4.79 Å². The van der Waals surface area contributed by atoms with E-state index in [0.717, 1.165) is 24.0 Å². The molecule has 7 nitrogen and oxygen atoms in total. The number of amides is 1. The van der Waals surface area contributed by atoms with Crippen LogP contribution in [0.3, 0.4) is 0 Å². The van der Waals surface area contributed by atoms with Gasteiger partial charge >= 0.3 is 12.1 Å². The van der Waals surface area contributed by atoms with Gasteiger partial charge in [-0.3, -0.25) is 0 Å². The molecule has 0 spiro atoms. The number of nitrogens with one attached hydrogen (secondary N) is 1. The van der Waals surface area contributed by atoms with Crippen LogP contribution in [0, 0.1) is 5.41 Å². The molecule has 0 aromatic heterocycles.